The van der Waals surface area contributed by atoms with Crippen molar-refractivity contribution >= 4 is 23.4 Å². The normalized spacial score (nSPS) is 15.3. The fraction of sp³-hybridized carbons (Fsp3) is 0.438. The largest absolute Gasteiger partial charge is 0.323 e. The summed E-state index contributed by atoms with van der Waals surface area (Å²) in [6.07, 6.45) is 2.25. The van der Waals surface area contributed by atoms with Gasteiger partial charge in [-0.1, -0.05) is 11.8 Å². The quantitative estimate of drug-likeness (QED) is 0.808. The zero-order chi connectivity index (χ0) is 17.3. The van der Waals surface area contributed by atoms with Gasteiger partial charge in [0.05, 0.1) is 10.9 Å². The zero-order valence-electron chi connectivity index (χ0n) is 13.4. The molecule has 0 saturated heterocycles. The smallest absolute Gasteiger partial charge is 0.237 e. The average Bonchev–Trinajstić information content (AvgIpc) is 3.32. The molecule has 1 heterocycles. The van der Waals surface area contributed by atoms with Gasteiger partial charge in [0.15, 0.2) is 5.16 Å². The SMILES string of the molecule is CCn1c(SC(C)C(=O)Nc2cc(F)ccc2F)nnc1C1CC1. The second kappa shape index (κ2) is 6.88. The lowest BCUT2D eigenvalue weighted by atomic mass is 10.3. The Morgan fingerprint density at radius 3 is 2.83 bits per heavy atom. The third kappa shape index (κ3) is 3.58. The summed E-state index contributed by atoms with van der Waals surface area (Å²) in [5, 5.41) is 11.0. The Labute approximate surface area is 142 Å². The van der Waals surface area contributed by atoms with E-state index in [0.717, 1.165) is 43.4 Å². The molecule has 3 rings (SSSR count). The number of halogens is 2. The van der Waals surface area contributed by atoms with Crippen LogP contribution in [0.3, 0.4) is 0 Å². The first-order valence-corrected chi connectivity index (χ1v) is 8.73. The van der Waals surface area contributed by atoms with Crippen molar-refractivity contribution in [1.82, 2.24) is 14.8 Å². The van der Waals surface area contributed by atoms with E-state index in [1.165, 1.54) is 11.8 Å². The van der Waals surface area contributed by atoms with Crippen molar-refractivity contribution in [3.8, 4) is 0 Å². The lowest BCUT2D eigenvalue weighted by molar-refractivity contribution is -0.115. The second-order valence-corrected chi connectivity index (χ2v) is 7.04. The third-order valence-corrected chi connectivity index (χ3v) is 4.92. The summed E-state index contributed by atoms with van der Waals surface area (Å²) < 4.78 is 28.8. The third-order valence-electron chi connectivity index (χ3n) is 3.84. The molecule has 2 aromatic rings. The number of rotatable bonds is 6. The molecule has 128 valence electrons. The van der Waals surface area contributed by atoms with Gasteiger partial charge in [-0.25, -0.2) is 8.78 Å². The maximum atomic E-state index is 13.6. The minimum Gasteiger partial charge on any atom is -0.323 e. The van der Waals surface area contributed by atoms with Gasteiger partial charge in [-0.3, -0.25) is 4.79 Å². The van der Waals surface area contributed by atoms with Gasteiger partial charge in [-0.05, 0) is 38.8 Å². The van der Waals surface area contributed by atoms with Crippen LogP contribution in [0.15, 0.2) is 23.4 Å². The van der Waals surface area contributed by atoms with E-state index in [1.807, 2.05) is 11.5 Å². The molecule has 0 aliphatic heterocycles. The van der Waals surface area contributed by atoms with Crippen molar-refractivity contribution in [2.24, 2.45) is 0 Å². The van der Waals surface area contributed by atoms with Crippen molar-refractivity contribution in [2.45, 2.75) is 49.6 Å². The fourth-order valence-corrected chi connectivity index (χ4v) is 3.29. The molecule has 1 N–H and O–H groups in total. The van der Waals surface area contributed by atoms with Crippen LogP contribution in [-0.4, -0.2) is 25.9 Å². The van der Waals surface area contributed by atoms with E-state index >= 15 is 0 Å². The summed E-state index contributed by atoms with van der Waals surface area (Å²) in [7, 11) is 0. The number of anilines is 1. The van der Waals surface area contributed by atoms with Gasteiger partial charge in [-0.2, -0.15) is 0 Å². The van der Waals surface area contributed by atoms with Gasteiger partial charge >= 0.3 is 0 Å². The number of thioether (sulfide) groups is 1. The number of nitrogens with zero attached hydrogens (tertiary/aromatic N) is 3. The van der Waals surface area contributed by atoms with Crippen molar-refractivity contribution in [2.75, 3.05) is 5.32 Å². The molecular formula is C16H18F2N4OS. The molecule has 1 aliphatic rings. The van der Waals surface area contributed by atoms with Crippen LogP contribution in [0.5, 0.6) is 0 Å². The van der Waals surface area contributed by atoms with Crippen LogP contribution in [0.2, 0.25) is 0 Å². The molecule has 8 heteroatoms. The summed E-state index contributed by atoms with van der Waals surface area (Å²) >= 11 is 1.26. The minimum atomic E-state index is -0.672. The number of hydrogen-bond donors (Lipinski definition) is 1. The van der Waals surface area contributed by atoms with Crippen molar-refractivity contribution in [3.63, 3.8) is 0 Å². The summed E-state index contributed by atoms with van der Waals surface area (Å²) in [6, 6.07) is 2.95. The summed E-state index contributed by atoms with van der Waals surface area (Å²) in [4.78, 5) is 12.3. The standard InChI is InChI=1S/C16H18F2N4OS/c1-3-22-14(10-4-5-10)20-21-16(22)24-9(2)15(23)19-13-8-11(17)6-7-12(13)18/h6-10H,3-5H2,1-2H3,(H,19,23). The highest BCUT2D eigenvalue weighted by Gasteiger charge is 2.30. The lowest BCUT2D eigenvalue weighted by Gasteiger charge is -2.13. The van der Waals surface area contributed by atoms with Crippen LogP contribution >= 0.6 is 11.8 Å². The average molecular weight is 352 g/mol. The molecule has 24 heavy (non-hydrogen) atoms. The number of hydrogen-bond acceptors (Lipinski definition) is 4. The molecule has 1 atom stereocenters. The first kappa shape index (κ1) is 16.9. The van der Waals surface area contributed by atoms with Crippen molar-refractivity contribution in [3.05, 3.63) is 35.7 Å². The summed E-state index contributed by atoms with van der Waals surface area (Å²) in [6.45, 7) is 4.43. The lowest BCUT2D eigenvalue weighted by Crippen LogP contribution is -2.23. The first-order valence-electron chi connectivity index (χ1n) is 7.85. The number of nitrogens with one attached hydrogen (secondary N) is 1. The van der Waals surface area contributed by atoms with Gasteiger partial charge < -0.3 is 9.88 Å². The number of carbonyl (C=O) groups is 1. The molecule has 1 saturated carbocycles. The molecule has 1 fully saturated rings. The molecule has 1 unspecified atom stereocenters. The van der Waals surface area contributed by atoms with Gasteiger partial charge in [-0.15, -0.1) is 10.2 Å². The number of aromatic nitrogens is 3. The van der Waals surface area contributed by atoms with E-state index < -0.39 is 22.8 Å². The Morgan fingerprint density at radius 2 is 2.17 bits per heavy atom. The van der Waals surface area contributed by atoms with E-state index in [-0.39, 0.29) is 5.69 Å². The fourth-order valence-electron chi connectivity index (χ4n) is 2.37. The first-order chi connectivity index (χ1) is 11.5. The molecule has 0 radical (unpaired) electrons. The van der Waals surface area contributed by atoms with Crippen molar-refractivity contribution in [1.29, 1.82) is 0 Å². The Bertz CT molecular complexity index is 761. The molecule has 1 aromatic carbocycles. The Hall–Kier alpha value is -1.96. The predicted molar refractivity (Wildman–Crippen MR) is 88.0 cm³/mol. The van der Waals surface area contributed by atoms with Crippen molar-refractivity contribution < 1.29 is 13.6 Å². The van der Waals surface area contributed by atoms with E-state index in [4.69, 9.17) is 0 Å². The summed E-state index contributed by atoms with van der Waals surface area (Å²) in [5.41, 5.74) is -0.164. The second-order valence-electron chi connectivity index (χ2n) is 5.73. The van der Waals surface area contributed by atoms with Crippen LogP contribution in [0.4, 0.5) is 14.5 Å². The minimum absolute atomic E-state index is 0.164. The monoisotopic (exact) mass is 352 g/mol. The van der Waals surface area contributed by atoms with Crippen LogP contribution in [0.25, 0.3) is 0 Å². The highest BCUT2D eigenvalue weighted by atomic mass is 32.2. The Kier molecular flexibility index (Phi) is 4.84. The molecule has 1 aromatic heterocycles. The zero-order valence-corrected chi connectivity index (χ0v) is 14.2. The van der Waals surface area contributed by atoms with Gasteiger partial charge in [0.1, 0.15) is 17.5 Å². The van der Waals surface area contributed by atoms with E-state index in [2.05, 4.69) is 15.5 Å². The van der Waals surface area contributed by atoms with E-state index in [1.54, 1.807) is 6.92 Å². The Balaban J connectivity index is 1.69. The maximum absolute atomic E-state index is 13.6. The van der Waals surface area contributed by atoms with Crippen LogP contribution in [0.1, 0.15) is 38.4 Å². The molecule has 1 amide bonds. The summed E-state index contributed by atoms with van der Waals surface area (Å²) in [5.74, 6) is -0.259. The molecular weight excluding hydrogens is 334 g/mol. The van der Waals surface area contributed by atoms with Gasteiger partial charge in [0, 0.05) is 18.5 Å². The van der Waals surface area contributed by atoms with Gasteiger partial charge in [0.25, 0.3) is 0 Å². The van der Waals surface area contributed by atoms with Crippen LogP contribution in [-0.2, 0) is 11.3 Å². The Morgan fingerprint density at radius 1 is 1.42 bits per heavy atom. The van der Waals surface area contributed by atoms with E-state index in [0.29, 0.717) is 11.1 Å². The molecule has 5 nitrogen and oxygen atoms in total. The molecule has 0 bridgehead atoms. The maximum Gasteiger partial charge on any atom is 0.237 e. The predicted octanol–water partition coefficient (Wildman–Crippen LogP) is 3.57. The van der Waals surface area contributed by atoms with Crippen LogP contribution in [0, 0.1) is 11.6 Å². The number of carbonyl (C=O) groups excluding carboxylic acids is 1. The highest BCUT2D eigenvalue weighted by molar-refractivity contribution is 8.00. The highest BCUT2D eigenvalue weighted by Crippen LogP contribution is 2.40. The number of benzene rings is 1. The van der Waals surface area contributed by atoms with E-state index in [9.17, 15) is 13.6 Å². The number of amides is 1. The topological polar surface area (TPSA) is 59.8 Å². The van der Waals surface area contributed by atoms with Crippen LogP contribution < -0.4 is 5.32 Å². The molecule has 0 spiro atoms. The van der Waals surface area contributed by atoms with Gasteiger partial charge in [0.2, 0.25) is 5.91 Å². The molecule has 1 aliphatic carbocycles.